The Morgan fingerprint density at radius 2 is 1.89 bits per heavy atom. The summed E-state index contributed by atoms with van der Waals surface area (Å²) in [6, 6.07) is 21.1. The standard InChI is InChI=1S/C27H27N3O5/c1-33-23-9-5-3-7-19(23)28-27(32)30-14-21-26(18-6-2-4-8-20(18)30)22(15-31)29(21)13-17-10-11-24-25(12-17)35-16-34-24/h2-12,21-22,26,31H,13-16H2,1H3,(H,28,32)/t21-,22+,26+/m1/s1. The Balaban J connectivity index is 1.28. The molecule has 8 heteroatoms. The van der Waals surface area contributed by atoms with Gasteiger partial charge in [0.1, 0.15) is 5.75 Å². The van der Waals surface area contributed by atoms with Crippen molar-refractivity contribution in [2.24, 2.45) is 0 Å². The molecule has 1 fully saturated rings. The van der Waals surface area contributed by atoms with E-state index in [0.717, 1.165) is 28.3 Å². The topological polar surface area (TPSA) is 83.5 Å². The molecule has 3 aliphatic rings. The van der Waals surface area contributed by atoms with E-state index in [-0.39, 0.29) is 37.4 Å². The summed E-state index contributed by atoms with van der Waals surface area (Å²) in [4.78, 5) is 17.6. The number of aliphatic hydroxyl groups is 1. The minimum atomic E-state index is -0.212. The molecule has 2 N–H and O–H groups in total. The van der Waals surface area contributed by atoms with Crippen LogP contribution in [0.3, 0.4) is 0 Å². The van der Waals surface area contributed by atoms with E-state index in [1.807, 2.05) is 60.7 Å². The molecule has 180 valence electrons. The predicted molar refractivity (Wildman–Crippen MR) is 131 cm³/mol. The van der Waals surface area contributed by atoms with E-state index in [4.69, 9.17) is 14.2 Å². The zero-order chi connectivity index (χ0) is 23.9. The van der Waals surface area contributed by atoms with E-state index in [2.05, 4.69) is 16.3 Å². The van der Waals surface area contributed by atoms with E-state index < -0.39 is 0 Å². The molecule has 0 unspecified atom stereocenters. The van der Waals surface area contributed by atoms with Crippen LogP contribution in [0.15, 0.2) is 66.7 Å². The highest BCUT2D eigenvalue weighted by molar-refractivity contribution is 6.03. The Labute approximate surface area is 203 Å². The van der Waals surface area contributed by atoms with Crippen molar-refractivity contribution >= 4 is 17.4 Å². The van der Waals surface area contributed by atoms with Gasteiger partial charge in [-0.2, -0.15) is 0 Å². The summed E-state index contributed by atoms with van der Waals surface area (Å²) >= 11 is 0. The van der Waals surface area contributed by atoms with Gasteiger partial charge in [0.25, 0.3) is 0 Å². The lowest BCUT2D eigenvalue weighted by atomic mass is 9.72. The molecular formula is C27H27N3O5. The largest absolute Gasteiger partial charge is 0.495 e. The summed E-state index contributed by atoms with van der Waals surface area (Å²) in [5.41, 5.74) is 3.66. The van der Waals surface area contributed by atoms with Crippen molar-refractivity contribution in [1.29, 1.82) is 0 Å². The number of ether oxygens (including phenoxy) is 3. The molecule has 3 aliphatic heterocycles. The summed E-state index contributed by atoms with van der Waals surface area (Å²) in [7, 11) is 1.59. The lowest BCUT2D eigenvalue weighted by molar-refractivity contribution is -0.0484. The molecule has 1 saturated heterocycles. The third-order valence-electron chi connectivity index (χ3n) is 7.22. The van der Waals surface area contributed by atoms with Crippen molar-refractivity contribution < 1.29 is 24.1 Å². The Kier molecular flexibility index (Phi) is 5.47. The van der Waals surface area contributed by atoms with Crippen LogP contribution in [0.25, 0.3) is 0 Å². The molecule has 0 bridgehead atoms. The van der Waals surface area contributed by atoms with Gasteiger partial charge in [0.2, 0.25) is 6.79 Å². The summed E-state index contributed by atoms with van der Waals surface area (Å²) in [5.74, 6) is 2.25. The molecule has 3 aromatic carbocycles. The fraction of sp³-hybridized carbons (Fsp3) is 0.296. The number of nitrogens with zero attached hydrogens (tertiary/aromatic N) is 2. The molecule has 0 radical (unpaired) electrons. The zero-order valence-corrected chi connectivity index (χ0v) is 19.4. The first-order valence-corrected chi connectivity index (χ1v) is 11.7. The molecule has 0 spiro atoms. The maximum Gasteiger partial charge on any atom is 0.326 e. The Hall–Kier alpha value is -3.75. The number of benzene rings is 3. The number of carbonyl (C=O) groups excluding carboxylic acids is 1. The summed E-state index contributed by atoms with van der Waals surface area (Å²) in [6.07, 6.45) is 0. The summed E-state index contributed by atoms with van der Waals surface area (Å²) in [6.45, 7) is 1.45. The van der Waals surface area contributed by atoms with Crippen LogP contribution >= 0.6 is 0 Å². The average Bonchev–Trinajstić information content (AvgIpc) is 3.35. The third kappa shape index (κ3) is 3.66. The van der Waals surface area contributed by atoms with Crippen LogP contribution in [0.4, 0.5) is 16.2 Å². The summed E-state index contributed by atoms with van der Waals surface area (Å²) < 4.78 is 16.4. The number of hydrogen-bond donors (Lipinski definition) is 2. The molecular weight excluding hydrogens is 446 g/mol. The van der Waals surface area contributed by atoms with Gasteiger partial charge in [0.15, 0.2) is 11.5 Å². The molecule has 3 atom stereocenters. The van der Waals surface area contributed by atoms with Gasteiger partial charge < -0.3 is 24.6 Å². The summed E-state index contributed by atoms with van der Waals surface area (Å²) in [5, 5.41) is 13.3. The number of carbonyl (C=O) groups is 1. The number of aliphatic hydroxyl groups excluding tert-OH is 1. The number of fused-ring (bicyclic) bond motifs is 4. The highest BCUT2D eigenvalue weighted by atomic mass is 16.7. The quantitative estimate of drug-likeness (QED) is 0.587. The Morgan fingerprint density at radius 3 is 2.74 bits per heavy atom. The minimum absolute atomic E-state index is 0.0222. The lowest BCUT2D eigenvalue weighted by Crippen LogP contribution is -2.69. The normalized spacial score (nSPS) is 22.1. The molecule has 3 aromatic rings. The van der Waals surface area contributed by atoms with Crippen molar-refractivity contribution in [2.45, 2.75) is 24.5 Å². The smallest absolute Gasteiger partial charge is 0.326 e. The number of likely N-dealkylation sites (tertiary alicyclic amines) is 1. The second-order valence-electron chi connectivity index (χ2n) is 9.00. The van der Waals surface area contributed by atoms with Gasteiger partial charge >= 0.3 is 6.03 Å². The molecule has 3 heterocycles. The maximum atomic E-state index is 13.5. The molecule has 0 saturated carbocycles. The number of rotatable bonds is 5. The van der Waals surface area contributed by atoms with Crippen LogP contribution in [0.2, 0.25) is 0 Å². The fourth-order valence-electron chi connectivity index (χ4n) is 5.57. The van der Waals surface area contributed by atoms with Crippen LogP contribution in [0.5, 0.6) is 17.2 Å². The van der Waals surface area contributed by atoms with Gasteiger partial charge in [0.05, 0.1) is 19.4 Å². The van der Waals surface area contributed by atoms with Gasteiger partial charge in [-0.15, -0.1) is 0 Å². The first-order chi connectivity index (χ1) is 17.2. The van der Waals surface area contributed by atoms with E-state index in [9.17, 15) is 9.90 Å². The van der Waals surface area contributed by atoms with E-state index >= 15 is 0 Å². The van der Waals surface area contributed by atoms with Crippen LogP contribution in [0.1, 0.15) is 17.0 Å². The second kappa shape index (κ2) is 8.79. The van der Waals surface area contributed by atoms with Crippen LogP contribution < -0.4 is 24.4 Å². The van der Waals surface area contributed by atoms with Gasteiger partial charge in [-0.25, -0.2) is 4.79 Å². The number of nitrogens with one attached hydrogen (secondary N) is 1. The van der Waals surface area contributed by atoms with Crippen molar-refractivity contribution in [3.8, 4) is 17.2 Å². The van der Waals surface area contributed by atoms with Crippen LogP contribution in [0, 0.1) is 0 Å². The van der Waals surface area contributed by atoms with Crippen molar-refractivity contribution in [2.75, 3.05) is 37.3 Å². The number of para-hydroxylation sites is 3. The van der Waals surface area contributed by atoms with Crippen LogP contribution in [-0.2, 0) is 6.54 Å². The van der Waals surface area contributed by atoms with E-state index in [1.165, 1.54) is 0 Å². The van der Waals surface area contributed by atoms with Gasteiger partial charge in [-0.1, -0.05) is 36.4 Å². The zero-order valence-electron chi connectivity index (χ0n) is 19.4. The third-order valence-corrected chi connectivity index (χ3v) is 7.22. The number of anilines is 2. The minimum Gasteiger partial charge on any atom is -0.495 e. The Morgan fingerprint density at radius 1 is 1.09 bits per heavy atom. The molecule has 6 rings (SSSR count). The molecule has 0 aromatic heterocycles. The lowest BCUT2D eigenvalue weighted by Gasteiger charge is -2.59. The first kappa shape index (κ1) is 21.8. The first-order valence-electron chi connectivity index (χ1n) is 11.7. The van der Waals surface area contributed by atoms with E-state index in [0.29, 0.717) is 24.5 Å². The Bertz CT molecular complexity index is 1270. The van der Waals surface area contributed by atoms with Crippen molar-refractivity contribution in [3.05, 3.63) is 77.9 Å². The number of amides is 2. The molecule has 8 nitrogen and oxygen atoms in total. The highest BCUT2D eigenvalue weighted by Crippen LogP contribution is 2.49. The van der Waals surface area contributed by atoms with Gasteiger partial charge in [0, 0.05) is 36.8 Å². The van der Waals surface area contributed by atoms with Crippen LogP contribution in [-0.4, -0.2) is 55.2 Å². The number of methoxy groups -OCH3 is 1. The van der Waals surface area contributed by atoms with Crippen molar-refractivity contribution in [3.63, 3.8) is 0 Å². The van der Waals surface area contributed by atoms with Gasteiger partial charge in [-0.05, 0) is 41.5 Å². The highest BCUT2D eigenvalue weighted by Gasteiger charge is 2.53. The van der Waals surface area contributed by atoms with E-state index in [1.54, 1.807) is 12.0 Å². The predicted octanol–water partition coefficient (Wildman–Crippen LogP) is 3.80. The average molecular weight is 474 g/mol. The van der Waals surface area contributed by atoms with Gasteiger partial charge in [-0.3, -0.25) is 9.80 Å². The van der Waals surface area contributed by atoms with Crippen molar-refractivity contribution in [1.82, 2.24) is 4.90 Å². The fourth-order valence-corrected chi connectivity index (χ4v) is 5.57. The molecule has 0 aliphatic carbocycles. The number of urea groups is 1. The SMILES string of the molecule is COc1ccccc1NC(=O)N1C[C@@H]2[C@H](c3ccccc31)[C@H](CO)N2Cc1ccc2c(c1)OCO2. The number of hydrogen-bond acceptors (Lipinski definition) is 6. The maximum absolute atomic E-state index is 13.5. The molecule has 2 amide bonds. The molecule has 35 heavy (non-hydrogen) atoms. The second-order valence-corrected chi connectivity index (χ2v) is 9.00. The monoisotopic (exact) mass is 473 g/mol.